The predicted molar refractivity (Wildman–Crippen MR) is 277 cm³/mol. The number of nitrogens with zero attached hydrogens (tertiary/aromatic N) is 2. The Morgan fingerprint density at radius 2 is 1.20 bits per heavy atom. The van der Waals surface area contributed by atoms with Gasteiger partial charge in [-0.1, -0.05) is 184 Å². The second kappa shape index (κ2) is 15.0. The maximum absolute atomic E-state index is 6.82. The molecule has 0 aliphatic heterocycles. The van der Waals surface area contributed by atoms with Crippen LogP contribution in [0.25, 0.3) is 77.3 Å². The Balaban J connectivity index is 1.07. The Hall–Kier alpha value is -8.14. The highest BCUT2D eigenvalue weighted by molar-refractivity contribution is 6.13. The topological polar surface area (TPSA) is 21.3 Å². The van der Waals surface area contributed by atoms with Gasteiger partial charge in [-0.3, -0.25) is 0 Å². The van der Waals surface area contributed by atoms with Gasteiger partial charge in [0.2, 0.25) is 0 Å². The molecule has 0 bridgehead atoms. The third-order valence-electron chi connectivity index (χ3n) is 14.3. The zero-order valence-corrected chi connectivity index (χ0v) is 36.9. The van der Waals surface area contributed by atoms with E-state index in [1.807, 2.05) is 0 Å². The molecule has 0 N–H and O–H groups in total. The number of furan rings is 1. The zero-order valence-electron chi connectivity index (χ0n) is 36.9. The molecule has 0 saturated heterocycles. The lowest BCUT2D eigenvalue weighted by Crippen LogP contribution is -2.21. The molecule has 66 heavy (non-hydrogen) atoms. The number of anilines is 3. The number of rotatable bonds is 7. The fraction of sp³-hybridized carbons (Fsp3) is 0.0794. The molecular weight excluding hydrogens is 801 g/mol. The van der Waals surface area contributed by atoms with Crippen molar-refractivity contribution in [1.29, 1.82) is 0 Å². The first-order valence-electron chi connectivity index (χ1n) is 23.1. The molecule has 11 aromatic rings. The molecule has 2 aromatic heterocycles. The summed E-state index contributed by atoms with van der Waals surface area (Å²) >= 11 is 0. The van der Waals surface area contributed by atoms with Crippen LogP contribution in [0.3, 0.4) is 0 Å². The van der Waals surface area contributed by atoms with Crippen LogP contribution in [0.5, 0.6) is 0 Å². The van der Waals surface area contributed by atoms with Crippen LogP contribution >= 0.6 is 0 Å². The third-order valence-corrected chi connectivity index (χ3v) is 14.3. The van der Waals surface area contributed by atoms with Crippen LogP contribution in [0.1, 0.15) is 48.4 Å². The summed E-state index contributed by atoms with van der Waals surface area (Å²) in [6, 6.07) is 77.5. The van der Waals surface area contributed by atoms with Gasteiger partial charge in [0.25, 0.3) is 0 Å². The summed E-state index contributed by atoms with van der Waals surface area (Å²) in [5.74, 6) is 0.226. The van der Waals surface area contributed by atoms with Crippen LogP contribution in [-0.4, -0.2) is 4.57 Å². The van der Waals surface area contributed by atoms with E-state index in [0.717, 1.165) is 56.5 Å². The Labute approximate surface area is 384 Å². The first-order valence-corrected chi connectivity index (χ1v) is 23.1. The number of allylic oxidation sites excluding steroid dienone is 4. The Morgan fingerprint density at radius 1 is 0.515 bits per heavy atom. The van der Waals surface area contributed by atoms with Crippen LogP contribution in [0.2, 0.25) is 0 Å². The maximum atomic E-state index is 6.82. The van der Waals surface area contributed by atoms with Gasteiger partial charge >= 0.3 is 0 Å². The minimum absolute atomic E-state index is 0.226. The highest BCUT2D eigenvalue weighted by atomic mass is 16.3. The van der Waals surface area contributed by atoms with Crippen molar-refractivity contribution in [2.75, 3.05) is 4.90 Å². The Morgan fingerprint density at radius 3 is 2.03 bits per heavy atom. The molecule has 0 fully saturated rings. The van der Waals surface area contributed by atoms with Crippen LogP contribution in [0, 0.1) is 0 Å². The number of para-hydroxylation sites is 4. The van der Waals surface area contributed by atoms with Crippen molar-refractivity contribution in [3.63, 3.8) is 0 Å². The van der Waals surface area contributed by atoms with Gasteiger partial charge in [0.15, 0.2) is 5.58 Å². The monoisotopic (exact) mass is 846 g/mol. The van der Waals surface area contributed by atoms with Crippen molar-refractivity contribution >= 4 is 72.1 Å². The van der Waals surface area contributed by atoms with Crippen molar-refractivity contribution < 1.29 is 4.42 Å². The summed E-state index contributed by atoms with van der Waals surface area (Å²) in [6.45, 7) is 4.77. The second-order valence-corrected chi connectivity index (χ2v) is 18.4. The van der Waals surface area contributed by atoms with Gasteiger partial charge < -0.3 is 13.9 Å². The normalized spacial score (nSPS) is 15.2. The third kappa shape index (κ3) is 5.97. The lowest BCUT2D eigenvalue weighted by Gasteiger charge is -2.32. The van der Waals surface area contributed by atoms with Gasteiger partial charge in [0.05, 0.1) is 22.4 Å². The van der Waals surface area contributed by atoms with E-state index in [-0.39, 0.29) is 11.3 Å². The van der Waals surface area contributed by atoms with Gasteiger partial charge in [0, 0.05) is 44.3 Å². The van der Waals surface area contributed by atoms with Gasteiger partial charge in [-0.2, -0.15) is 0 Å². The van der Waals surface area contributed by atoms with E-state index < -0.39 is 0 Å². The molecule has 0 amide bonds. The number of hydrogen-bond acceptors (Lipinski definition) is 2. The van der Waals surface area contributed by atoms with Crippen LogP contribution in [-0.2, 0) is 5.41 Å². The smallest absolute Gasteiger partial charge is 0.159 e. The average Bonchev–Trinajstić information content (AvgIpc) is 4.00. The van der Waals surface area contributed by atoms with E-state index in [9.17, 15) is 0 Å². The SMILES string of the molecule is CC1(C)c2ccccc2-c2cc(-c3ccc4c5ccccc5n(C5=CC(c6ccccc6)CC(c6ccccc6)=C5)c4c3)cc(N(c3ccccc3)c3cccc4c3oc3ccccc34)c21. The predicted octanol–water partition coefficient (Wildman–Crippen LogP) is 17.2. The molecule has 13 rings (SSSR count). The van der Waals surface area contributed by atoms with Crippen molar-refractivity contribution in [3.8, 4) is 22.3 Å². The molecule has 2 aliphatic carbocycles. The number of benzene rings is 9. The lowest BCUT2D eigenvalue weighted by atomic mass is 9.80. The second-order valence-electron chi connectivity index (χ2n) is 18.4. The fourth-order valence-corrected chi connectivity index (χ4v) is 11.3. The van der Waals surface area contributed by atoms with E-state index >= 15 is 0 Å². The molecule has 3 nitrogen and oxygen atoms in total. The van der Waals surface area contributed by atoms with Crippen LogP contribution in [0.15, 0.2) is 229 Å². The molecule has 0 spiro atoms. The first-order chi connectivity index (χ1) is 32.5. The molecular formula is C63H46N2O. The number of fused-ring (bicyclic) bond motifs is 9. The van der Waals surface area contributed by atoms with E-state index in [1.165, 1.54) is 66.5 Å². The van der Waals surface area contributed by atoms with Gasteiger partial charge in [-0.25, -0.2) is 0 Å². The van der Waals surface area contributed by atoms with E-state index in [4.69, 9.17) is 4.42 Å². The van der Waals surface area contributed by atoms with Crippen molar-refractivity contribution in [3.05, 3.63) is 247 Å². The standard InChI is InChI=1S/C63H46N2O/c1-63(2)55-29-15-12-25-49(55)54-38-46(40-59(61(54)63)64(47-23-10-5-11-24-47)57-31-18-28-53-52-27-14-17-32-60(52)66-62(53)57)43-33-34-51-50-26-13-16-30-56(50)65(58(51)39-43)48-36-44(41-19-6-3-7-20-41)35-45(37-48)42-21-8-4-9-22-42/h3-34,36-40,44H,35H2,1-2H3. The minimum atomic E-state index is -0.281. The summed E-state index contributed by atoms with van der Waals surface area (Å²) in [6.07, 6.45) is 5.86. The zero-order chi connectivity index (χ0) is 43.9. The van der Waals surface area contributed by atoms with Crippen LogP contribution < -0.4 is 4.90 Å². The van der Waals surface area contributed by atoms with E-state index in [2.05, 4.69) is 248 Å². The Bertz CT molecular complexity index is 3760. The molecule has 9 aromatic carbocycles. The van der Waals surface area contributed by atoms with Gasteiger partial charge in [-0.15, -0.1) is 0 Å². The summed E-state index contributed by atoms with van der Waals surface area (Å²) in [7, 11) is 0. The highest BCUT2D eigenvalue weighted by Gasteiger charge is 2.40. The summed E-state index contributed by atoms with van der Waals surface area (Å²) < 4.78 is 9.33. The maximum Gasteiger partial charge on any atom is 0.159 e. The van der Waals surface area contributed by atoms with Gasteiger partial charge in [0.1, 0.15) is 5.58 Å². The van der Waals surface area contributed by atoms with E-state index in [1.54, 1.807) is 0 Å². The van der Waals surface area contributed by atoms with Crippen molar-refractivity contribution in [2.45, 2.75) is 31.6 Å². The van der Waals surface area contributed by atoms with Crippen molar-refractivity contribution in [1.82, 2.24) is 4.57 Å². The molecule has 1 atom stereocenters. The fourth-order valence-electron chi connectivity index (χ4n) is 11.3. The lowest BCUT2D eigenvalue weighted by molar-refractivity contribution is 0.659. The summed E-state index contributed by atoms with van der Waals surface area (Å²) in [5, 5.41) is 4.71. The highest BCUT2D eigenvalue weighted by Crippen LogP contribution is 2.56. The molecule has 2 aliphatic rings. The average molecular weight is 847 g/mol. The molecule has 0 saturated carbocycles. The quantitative estimate of drug-likeness (QED) is 0.159. The summed E-state index contributed by atoms with van der Waals surface area (Å²) in [4.78, 5) is 2.45. The molecule has 2 heterocycles. The first kappa shape index (κ1) is 38.3. The Kier molecular flexibility index (Phi) is 8.69. The minimum Gasteiger partial charge on any atom is -0.454 e. The molecule has 314 valence electrons. The molecule has 0 radical (unpaired) electrons. The van der Waals surface area contributed by atoms with E-state index in [0.29, 0.717) is 0 Å². The number of hydrogen-bond donors (Lipinski definition) is 0. The number of aromatic nitrogens is 1. The largest absolute Gasteiger partial charge is 0.454 e. The van der Waals surface area contributed by atoms with Gasteiger partial charge in [-0.05, 0) is 111 Å². The molecule has 3 heteroatoms. The summed E-state index contributed by atoms with van der Waals surface area (Å²) in [5.41, 5.74) is 19.7. The van der Waals surface area contributed by atoms with Crippen molar-refractivity contribution in [2.24, 2.45) is 0 Å². The van der Waals surface area contributed by atoms with Crippen LogP contribution in [0.4, 0.5) is 17.1 Å². The molecule has 1 unspecified atom stereocenters.